The van der Waals surface area contributed by atoms with Crippen LogP contribution in [0.25, 0.3) is 17.2 Å². The second kappa shape index (κ2) is 10.7. The van der Waals surface area contributed by atoms with Crippen molar-refractivity contribution in [2.24, 2.45) is 12.1 Å². The molecule has 0 fully saturated rings. The van der Waals surface area contributed by atoms with Crippen LogP contribution in [0.3, 0.4) is 0 Å². The third-order valence-electron chi connectivity index (χ3n) is 5.23. The van der Waals surface area contributed by atoms with Crippen molar-refractivity contribution >= 4 is 28.9 Å². The molecule has 1 atom stereocenters. The van der Waals surface area contributed by atoms with Crippen LogP contribution in [0.1, 0.15) is 12.5 Å². The second-order valence-corrected chi connectivity index (χ2v) is 7.92. The Morgan fingerprint density at radius 1 is 1.17 bits per heavy atom. The number of aliphatic hydroxyl groups is 1. The smallest absolute Gasteiger partial charge is 0.329 e. The number of hydrogen-bond acceptors (Lipinski definition) is 7. The molecule has 0 aliphatic rings. The molecule has 0 aliphatic carbocycles. The van der Waals surface area contributed by atoms with Crippen LogP contribution >= 0.6 is 0 Å². The average molecular weight is 475 g/mol. The molecular weight excluding hydrogens is 448 g/mol. The lowest BCUT2D eigenvalue weighted by Crippen LogP contribution is -2.30. The number of nitrogens with one attached hydrogen (secondary N) is 2. The molecule has 0 saturated heterocycles. The summed E-state index contributed by atoms with van der Waals surface area (Å²) < 4.78 is 8.36. The lowest BCUT2D eigenvalue weighted by molar-refractivity contribution is 0.0938. The number of nitrogens with zero attached hydrogens (tertiary/aromatic N) is 4. The van der Waals surface area contributed by atoms with Gasteiger partial charge in [0.1, 0.15) is 18.5 Å². The zero-order chi connectivity index (χ0) is 24.8. The Bertz CT molecular complexity index is 1470. The minimum absolute atomic E-state index is 0.00505. The van der Waals surface area contributed by atoms with Crippen LogP contribution < -0.4 is 21.4 Å². The van der Waals surface area contributed by atoms with Crippen LogP contribution in [-0.4, -0.2) is 42.6 Å². The third-order valence-corrected chi connectivity index (χ3v) is 5.23. The topological polar surface area (TPSA) is 127 Å². The first-order valence-corrected chi connectivity index (χ1v) is 11.0. The minimum Gasteiger partial charge on any atom is -0.491 e. The minimum atomic E-state index is -0.965. The lowest BCUT2D eigenvalue weighted by Gasteiger charge is -2.15. The first-order chi connectivity index (χ1) is 16.9. The summed E-state index contributed by atoms with van der Waals surface area (Å²) in [5.41, 5.74) is 3.66. The van der Waals surface area contributed by atoms with E-state index in [0.29, 0.717) is 11.5 Å². The molecule has 35 heavy (non-hydrogen) atoms. The van der Waals surface area contributed by atoms with Crippen molar-refractivity contribution in [2.45, 2.75) is 19.6 Å². The number of ether oxygens (including phenoxy) is 1. The fourth-order valence-corrected chi connectivity index (χ4v) is 3.43. The van der Waals surface area contributed by atoms with Crippen LogP contribution in [0.4, 0.5) is 5.95 Å². The number of fused-ring (bicyclic) bond motifs is 1. The van der Waals surface area contributed by atoms with Crippen molar-refractivity contribution < 1.29 is 9.84 Å². The molecule has 0 amide bonds. The van der Waals surface area contributed by atoms with Gasteiger partial charge in [-0.2, -0.15) is 10.1 Å². The summed E-state index contributed by atoms with van der Waals surface area (Å²) in [5.74, 6) is 0.823. The molecule has 4 rings (SSSR count). The van der Waals surface area contributed by atoms with E-state index in [0.717, 1.165) is 5.56 Å². The molecule has 0 aliphatic heterocycles. The monoisotopic (exact) mass is 474 g/mol. The quantitative estimate of drug-likeness (QED) is 0.253. The number of para-hydroxylation sites is 1. The molecule has 2 aromatic heterocycles. The van der Waals surface area contributed by atoms with E-state index in [1.54, 1.807) is 12.1 Å². The van der Waals surface area contributed by atoms with E-state index in [2.05, 4.69) is 20.5 Å². The van der Waals surface area contributed by atoms with E-state index >= 15 is 0 Å². The van der Waals surface area contributed by atoms with Gasteiger partial charge in [-0.05, 0) is 30.7 Å². The molecule has 10 nitrogen and oxygen atoms in total. The van der Waals surface area contributed by atoms with E-state index in [9.17, 15) is 14.7 Å². The molecule has 10 heteroatoms. The number of aromatic amines is 1. The highest BCUT2D eigenvalue weighted by molar-refractivity contribution is 5.96. The molecule has 0 radical (unpaired) electrons. The van der Waals surface area contributed by atoms with E-state index in [1.165, 1.54) is 16.2 Å². The Balaban J connectivity index is 1.60. The largest absolute Gasteiger partial charge is 0.491 e. The third kappa shape index (κ3) is 5.74. The number of benzene rings is 2. The Morgan fingerprint density at radius 2 is 1.86 bits per heavy atom. The van der Waals surface area contributed by atoms with E-state index in [1.807, 2.05) is 67.6 Å². The predicted molar refractivity (Wildman–Crippen MR) is 136 cm³/mol. The van der Waals surface area contributed by atoms with Gasteiger partial charge in [-0.25, -0.2) is 10.2 Å². The average Bonchev–Trinajstić information content (AvgIpc) is 3.23. The second-order valence-electron chi connectivity index (χ2n) is 7.92. The molecule has 3 N–H and O–H groups in total. The van der Waals surface area contributed by atoms with Gasteiger partial charge in [-0.1, -0.05) is 54.6 Å². The summed E-state index contributed by atoms with van der Waals surface area (Å²) >= 11 is 0. The van der Waals surface area contributed by atoms with Gasteiger partial charge in [-0.15, -0.1) is 0 Å². The SMILES string of the molecule is CC(/C=C/c1ccccc1)=N/Nc1nc2c(c(=O)[nH]c(=O)n2C)n1CC(O)COc1ccccc1. The summed E-state index contributed by atoms with van der Waals surface area (Å²) in [4.78, 5) is 31.4. The first-order valence-electron chi connectivity index (χ1n) is 11.0. The van der Waals surface area contributed by atoms with E-state index in [4.69, 9.17) is 4.74 Å². The number of allylic oxidation sites excluding steroid dienone is 1. The van der Waals surface area contributed by atoms with Gasteiger partial charge in [-0.3, -0.25) is 14.3 Å². The number of aliphatic hydroxyl groups excluding tert-OH is 1. The molecule has 1 unspecified atom stereocenters. The standard InChI is InChI=1S/C25H26N6O4/c1-17(13-14-18-9-5-3-6-10-18)28-29-24-26-22-21(23(33)27-25(34)30(22)2)31(24)15-19(32)16-35-20-11-7-4-8-12-20/h3-14,19,32H,15-16H2,1-2H3,(H,26,29)(H,27,33,34)/b14-13+,28-17-. The highest BCUT2D eigenvalue weighted by atomic mass is 16.5. The van der Waals surface area contributed by atoms with Crippen molar-refractivity contribution in [3.63, 3.8) is 0 Å². The molecule has 180 valence electrons. The van der Waals surface area contributed by atoms with Gasteiger partial charge in [0.15, 0.2) is 11.2 Å². The number of hydrazone groups is 1. The Hall–Kier alpha value is -4.44. The fourth-order valence-electron chi connectivity index (χ4n) is 3.43. The number of anilines is 1. The van der Waals surface area contributed by atoms with Crippen LogP contribution in [0.5, 0.6) is 5.75 Å². The Kier molecular flexibility index (Phi) is 7.22. The molecule has 0 saturated carbocycles. The Morgan fingerprint density at radius 3 is 2.57 bits per heavy atom. The van der Waals surface area contributed by atoms with Crippen molar-refractivity contribution in [1.29, 1.82) is 0 Å². The zero-order valence-electron chi connectivity index (χ0n) is 19.4. The molecule has 2 heterocycles. The zero-order valence-corrected chi connectivity index (χ0v) is 19.4. The Labute approximate surface area is 200 Å². The summed E-state index contributed by atoms with van der Waals surface area (Å²) in [6.07, 6.45) is 2.79. The number of imidazole rings is 1. The molecule has 0 bridgehead atoms. The maximum atomic E-state index is 12.6. The first kappa shape index (κ1) is 23.7. The maximum absolute atomic E-state index is 12.6. The molecule has 2 aromatic carbocycles. The van der Waals surface area contributed by atoms with Gasteiger partial charge in [0.2, 0.25) is 5.95 Å². The van der Waals surface area contributed by atoms with Crippen molar-refractivity contribution in [3.8, 4) is 5.75 Å². The van der Waals surface area contributed by atoms with Gasteiger partial charge in [0.25, 0.3) is 5.56 Å². The molecule has 0 spiro atoms. The van der Waals surface area contributed by atoms with E-state index < -0.39 is 17.4 Å². The maximum Gasteiger partial charge on any atom is 0.329 e. The highest BCUT2D eigenvalue weighted by Crippen LogP contribution is 2.17. The van der Waals surface area contributed by atoms with Crippen LogP contribution in [0.15, 0.2) is 81.4 Å². The van der Waals surface area contributed by atoms with Crippen LogP contribution in [0, 0.1) is 0 Å². The van der Waals surface area contributed by atoms with Crippen molar-refractivity contribution in [3.05, 3.63) is 93.1 Å². The number of hydrogen-bond donors (Lipinski definition) is 3. The predicted octanol–water partition coefficient (Wildman–Crippen LogP) is 2.36. The van der Waals surface area contributed by atoms with Crippen LogP contribution in [-0.2, 0) is 13.6 Å². The normalized spacial score (nSPS) is 12.8. The molecular formula is C25H26N6O4. The van der Waals surface area contributed by atoms with Gasteiger partial charge in [0.05, 0.1) is 12.3 Å². The van der Waals surface area contributed by atoms with Gasteiger partial charge in [0, 0.05) is 7.05 Å². The van der Waals surface area contributed by atoms with Gasteiger partial charge < -0.3 is 14.4 Å². The summed E-state index contributed by atoms with van der Waals surface area (Å²) in [5, 5.41) is 15.0. The number of aryl methyl sites for hydroxylation is 1. The van der Waals surface area contributed by atoms with Crippen molar-refractivity contribution in [2.75, 3.05) is 12.0 Å². The summed E-state index contributed by atoms with van der Waals surface area (Å²) in [6, 6.07) is 18.9. The highest BCUT2D eigenvalue weighted by Gasteiger charge is 2.20. The lowest BCUT2D eigenvalue weighted by atomic mass is 10.2. The number of aromatic nitrogens is 4. The molecule has 4 aromatic rings. The van der Waals surface area contributed by atoms with Gasteiger partial charge >= 0.3 is 5.69 Å². The van der Waals surface area contributed by atoms with E-state index in [-0.39, 0.29) is 30.3 Å². The van der Waals surface area contributed by atoms with Crippen LogP contribution in [0.2, 0.25) is 0 Å². The van der Waals surface area contributed by atoms with Crippen molar-refractivity contribution in [1.82, 2.24) is 19.1 Å². The number of rotatable bonds is 9. The number of H-pyrrole nitrogens is 1. The fraction of sp³-hybridized carbons (Fsp3) is 0.200. The summed E-state index contributed by atoms with van der Waals surface area (Å²) in [7, 11) is 1.51. The summed E-state index contributed by atoms with van der Waals surface area (Å²) in [6.45, 7) is 1.79.